The maximum atomic E-state index is 12.2. The maximum absolute atomic E-state index is 12.2. The number of nitrogens with zero attached hydrogens (tertiary/aromatic N) is 1. The molecular formula is C14H18N2OS. The van der Waals surface area contributed by atoms with E-state index in [1.807, 2.05) is 16.4 Å². The molecule has 1 N–H and O–H groups in total. The lowest BCUT2D eigenvalue weighted by Crippen LogP contribution is -2.41. The van der Waals surface area contributed by atoms with Crippen molar-refractivity contribution in [2.24, 2.45) is 0 Å². The lowest BCUT2D eigenvalue weighted by Gasteiger charge is -2.25. The van der Waals surface area contributed by atoms with E-state index >= 15 is 0 Å². The number of hydrogen-bond donors (Lipinski definition) is 1. The summed E-state index contributed by atoms with van der Waals surface area (Å²) in [6, 6.07) is 8.68. The summed E-state index contributed by atoms with van der Waals surface area (Å²) in [6.07, 6.45) is 6.08. The zero-order valence-electron chi connectivity index (χ0n) is 10.4. The Morgan fingerprint density at radius 1 is 1.22 bits per heavy atom. The van der Waals surface area contributed by atoms with Crippen LogP contribution in [0.5, 0.6) is 0 Å². The van der Waals surface area contributed by atoms with E-state index in [2.05, 4.69) is 17.4 Å². The van der Waals surface area contributed by atoms with Gasteiger partial charge < -0.3 is 5.32 Å². The van der Waals surface area contributed by atoms with Crippen molar-refractivity contribution >= 4 is 18.0 Å². The fourth-order valence-corrected chi connectivity index (χ4v) is 3.60. The molecule has 3 nitrogen and oxygen atoms in total. The van der Waals surface area contributed by atoms with Crippen LogP contribution in [0.1, 0.15) is 37.7 Å². The summed E-state index contributed by atoms with van der Waals surface area (Å²) in [7, 11) is 0. The van der Waals surface area contributed by atoms with Gasteiger partial charge in [0, 0.05) is 10.9 Å². The predicted molar refractivity (Wildman–Crippen MR) is 73.2 cm³/mol. The third kappa shape index (κ3) is 2.48. The number of benzene rings is 1. The molecule has 1 aromatic rings. The number of carbonyl (C=O) groups is 1. The molecule has 2 aliphatic rings. The van der Waals surface area contributed by atoms with Crippen LogP contribution in [0.3, 0.4) is 0 Å². The summed E-state index contributed by atoms with van der Waals surface area (Å²) in [5.41, 5.74) is 1.25. The standard InChI is InChI=1S/C14H18N2OS/c17-14(15-12-7-2-1-3-8-12)16-10-11-6-4-5-9-13(11)18-16/h4-6,9,12H,1-3,7-8,10H2,(H,15,17). The van der Waals surface area contributed by atoms with Gasteiger partial charge in [-0.3, -0.25) is 4.31 Å². The molecule has 0 bridgehead atoms. The molecule has 0 saturated heterocycles. The first-order valence-corrected chi connectivity index (χ1v) is 7.44. The van der Waals surface area contributed by atoms with E-state index in [-0.39, 0.29) is 6.03 Å². The van der Waals surface area contributed by atoms with Crippen LogP contribution in [-0.2, 0) is 6.54 Å². The summed E-state index contributed by atoms with van der Waals surface area (Å²) in [5, 5.41) is 3.16. The van der Waals surface area contributed by atoms with E-state index in [1.54, 1.807) is 11.9 Å². The number of rotatable bonds is 1. The highest BCUT2D eigenvalue weighted by Gasteiger charge is 2.26. The second kappa shape index (κ2) is 5.22. The first kappa shape index (κ1) is 11.9. The Kier molecular flexibility index (Phi) is 3.46. The van der Waals surface area contributed by atoms with Crippen molar-refractivity contribution in [3.8, 4) is 0 Å². The Labute approximate surface area is 112 Å². The van der Waals surface area contributed by atoms with E-state index in [0.717, 1.165) is 19.4 Å². The third-order valence-corrected chi connectivity index (χ3v) is 4.76. The summed E-state index contributed by atoms with van der Waals surface area (Å²) < 4.78 is 1.83. The van der Waals surface area contributed by atoms with Gasteiger partial charge in [-0.2, -0.15) is 0 Å². The highest BCUT2D eigenvalue weighted by atomic mass is 32.2. The van der Waals surface area contributed by atoms with Crippen molar-refractivity contribution in [2.75, 3.05) is 0 Å². The number of nitrogens with one attached hydrogen (secondary N) is 1. The van der Waals surface area contributed by atoms with Gasteiger partial charge in [0.15, 0.2) is 0 Å². The molecule has 1 aliphatic carbocycles. The average molecular weight is 262 g/mol. The Morgan fingerprint density at radius 3 is 2.78 bits per heavy atom. The van der Waals surface area contributed by atoms with Crippen molar-refractivity contribution in [1.29, 1.82) is 0 Å². The lowest BCUT2D eigenvalue weighted by atomic mass is 9.96. The van der Waals surface area contributed by atoms with Crippen LogP contribution < -0.4 is 5.32 Å². The van der Waals surface area contributed by atoms with Gasteiger partial charge in [0.1, 0.15) is 0 Å². The molecule has 0 atom stereocenters. The lowest BCUT2D eigenvalue weighted by molar-refractivity contribution is 0.217. The van der Waals surface area contributed by atoms with E-state index < -0.39 is 0 Å². The fourth-order valence-electron chi connectivity index (χ4n) is 2.64. The molecule has 0 radical (unpaired) electrons. The highest BCUT2D eigenvalue weighted by Crippen LogP contribution is 2.35. The molecule has 3 rings (SSSR count). The van der Waals surface area contributed by atoms with Crippen molar-refractivity contribution in [3.63, 3.8) is 0 Å². The van der Waals surface area contributed by atoms with Crippen LogP contribution >= 0.6 is 11.9 Å². The Balaban J connectivity index is 1.58. The number of hydrogen-bond acceptors (Lipinski definition) is 2. The van der Waals surface area contributed by atoms with E-state index in [1.165, 1.54) is 29.7 Å². The quantitative estimate of drug-likeness (QED) is 0.785. The monoisotopic (exact) mass is 262 g/mol. The Morgan fingerprint density at radius 2 is 2.00 bits per heavy atom. The molecule has 2 amide bonds. The highest BCUT2D eigenvalue weighted by molar-refractivity contribution is 7.97. The number of amides is 2. The third-order valence-electron chi connectivity index (χ3n) is 3.65. The van der Waals surface area contributed by atoms with Crippen LogP contribution in [0.4, 0.5) is 4.79 Å². The van der Waals surface area contributed by atoms with Crippen LogP contribution in [0.25, 0.3) is 0 Å². The van der Waals surface area contributed by atoms with Gasteiger partial charge in [-0.15, -0.1) is 0 Å². The van der Waals surface area contributed by atoms with E-state index in [9.17, 15) is 4.79 Å². The topological polar surface area (TPSA) is 32.3 Å². The van der Waals surface area contributed by atoms with Crippen LogP contribution in [0, 0.1) is 0 Å². The normalized spacial score (nSPS) is 19.7. The molecule has 1 aromatic carbocycles. The van der Waals surface area contributed by atoms with Crippen molar-refractivity contribution < 1.29 is 4.79 Å². The number of carbonyl (C=O) groups excluding carboxylic acids is 1. The fraction of sp³-hybridized carbons (Fsp3) is 0.500. The van der Waals surface area contributed by atoms with Gasteiger partial charge in [0.05, 0.1) is 6.54 Å². The minimum absolute atomic E-state index is 0.0723. The molecule has 1 saturated carbocycles. The first-order valence-electron chi connectivity index (χ1n) is 6.67. The van der Waals surface area contributed by atoms with Gasteiger partial charge >= 0.3 is 6.03 Å². The summed E-state index contributed by atoms with van der Waals surface area (Å²) in [4.78, 5) is 13.4. The average Bonchev–Trinajstić information content (AvgIpc) is 2.84. The van der Waals surface area contributed by atoms with Crippen molar-refractivity contribution in [1.82, 2.24) is 9.62 Å². The smallest absolute Gasteiger partial charge is 0.328 e. The summed E-state index contributed by atoms with van der Waals surface area (Å²) in [6.45, 7) is 0.722. The Bertz CT molecular complexity index is 418. The predicted octanol–water partition coefficient (Wildman–Crippen LogP) is 3.55. The van der Waals surface area contributed by atoms with Crippen LogP contribution in [0.15, 0.2) is 29.2 Å². The second-order valence-corrected chi connectivity index (χ2v) is 6.08. The molecule has 0 unspecified atom stereocenters. The van der Waals surface area contributed by atoms with Crippen LogP contribution in [-0.4, -0.2) is 16.4 Å². The number of fused-ring (bicyclic) bond motifs is 1. The van der Waals surface area contributed by atoms with Crippen LogP contribution in [0.2, 0.25) is 0 Å². The second-order valence-electron chi connectivity index (χ2n) is 5.02. The van der Waals surface area contributed by atoms with Crippen molar-refractivity contribution in [3.05, 3.63) is 29.8 Å². The first-order chi connectivity index (χ1) is 8.83. The van der Waals surface area contributed by atoms with Gasteiger partial charge in [0.25, 0.3) is 0 Å². The molecule has 0 spiro atoms. The molecule has 0 aromatic heterocycles. The molecular weight excluding hydrogens is 244 g/mol. The summed E-state index contributed by atoms with van der Waals surface area (Å²) >= 11 is 1.55. The van der Waals surface area contributed by atoms with Gasteiger partial charge in [0.2, 0.25) is 0 Å². The molecule has 96 valence electrons. The maximum Gasteiger partial charge on any atom is 0.328 e. The SMILES string of the molecule is O=C(NC1CCCCC1)N1Cc2ccccc2S1. The molecule has 4 heteroatoms. The minimum atomic E-state index is 0.0723. The zero-order valence-corrected chi connectivity index (χ0v) is 11.2. The molecule has 18 heavy (non-hydrogen) atoms. The van der Waals surface area contributed by atoms with Gasteiger partial charge in [-0.05, 0) is 36.4 Å². The molecule has 1 fully saturated rings. The number of urea groups is 1. The largest absolute Gasteiger partial charge is 0.335 e. The minimum Gasteiger partial charge on any atom is -0.335 e. The molecule has 1 aliphatic heterocycles. The van der Waals surface area contributed by atoms with E-state index in [0.29, 0.717) is 6.04 Å². The van der Waals surface area contributed by atoms with Gasteiger partial charge in [-0.1, -0.05) is 37.5 Å². The summed E-state index contributed by atoms with van der Waals surface area (Å²) in [5.74, 6) is 0. The zero-order chi connectivity index (χ0) is 12.4. The Hall–Kier alpha value is -1.16. The van der Waals surface area contributed by atoms with Crippen molar-refractivity contribution in [2.45, 2.75) is 49.6 Å². The molecule has 1 heterocycles. The van der Waals surface area contributed by atoms with Gasteiger partial charge in [-0.25, -0.2) is 4.79 Å². The van der Waals surface area contributed by atoms with E-state index in [4.69, 9.17) is 0 Å².